The van der Waals surface area contributed by atoms with Gasteiger partial charge in [0.2, 0.25) is 0 Å². The molecule has 1 saturated heterocycles. The predicted octanol–water partition coefficient (Wildman–Crippen LogP) is 1.19. The van der Waals surface area contributed by atoms with E-state index in [9.17, 15) is 4.79 Å². The summed E-state index contributed by atoms with van der Waals surface area (Å²) in [5.74, 6) is 0. The predicted molar refractivity (Wildman–Crippen MR) is 54.1 cm³/mol. The fraction of sp³-hybridized carbons (Fsp3) is 0.333. The monoisotopic (exact) mass is 227 g/mol. The number of amides is 1. The van der Waals surface area contributed by atoms with E-state index in [-0.39, 0.29) is 0 Å². The lowest BCUT2D eigenvalue weighted by Crippen LogP contribution is -2.48. The molecule has 0 radical (unpaired) electrons. The molecule has 1 aromatic rings. The highest BCUT2D eigenvalue weighted by Crippen LogP contribution is 2.10. The fourth-order valence-corrected chi connectivity index (χ4v) is 1.54. The van der Waals surface area contributed by atoms with E-state index in [4.69, 9.17) is 16.3 Å². The highest BCUT2D eigenvalue weighted by atomic mass is 35.5. The average molecular weight is 228 g/mol. The Kier molecular flexibility index (Phi) is 3.03. The number of nitrogens with zero attached hydrogens (tertiary/aromatic N) is 2. The molecular weight excluding hydrogens is 218 g/mol. The maximum atomic E-state index is 10.9. The molecule has 2 rings (SSSR count). The highest BCUT2D eigenvalue weighted by Gasteiger charge is 2.16. The maximum Gasteiger partial charge on any atom is 0.421 e. The van der Waals surface area contributed by atoms with Crippen LogP contribution in [0.2, 0.25) is 5.02 Å². The van der Waals surface area contributed by atoms with E-state index in [0.29, 0.717) is 24.7 Å². The van der Waals surface area contributed by atoms with E-state index in [0.717, 1.165) is 5.56 Å². The van der Waals surface area contributed by atoms with E-state index < -0.39 is 6.09 Å². The fourth-order valence-electron chi connectivity index (χ4n) is 1.35. The van der Waals surface area contributed by atoms with Gasteiger partial charge in [0.25, 0.3) is 0 Å². The van der Waals surface area contributed by atoms with Gasteiger partial charge in [0.1, 0.15) is 6.61 Å². The van der Waals surface area contributed by atoms with Crippen molar-refractivity contribution in [3.05, 3.63) is 29.0 Å². The first-order chi connectivity index (χ1) is 7.24. The minimum Gasteiger partial charge on any atom is -0.447 e. The molecule has 1 amide bonds. The summed E-state index contributed by atoms with van der Waals surface area (Å²) in [6, 6.07) is 1.82. The molecule has 1 aliphatic heterocycles. The van der Waals surface area contributed by atoms with Gasteiger partial charge in [-0.05, 0) is 11.6 Å². The summed E-state index contributed by atoms with van der Waals surface area (Å²) >= 11 is 5.80. The van der Waals surface area contributed by atoms with Crippen molar-refractivity contribution < 1.29 is 9.53 Å². The number of nitrogens with one attached hydrogen (secondary N) is 1. The number of pyridine rings is 1. The molecule has 1 fully saturated rings. The quantitative estimate of drug-likeness (QED) is 0.825. The summed E-state index contributed by atoms with van der Waals surface area (Å²) in [6.45, 7) is 1.63. The molecule has 5 nitrogen and oxygen atoms in total. The number of ether oxygens (including phenoxy) is 1. The number of cyclic esters (lactones) is 1. The van der Waals surface area contributed by atoms with Gasteiger partial charge >= 0.3 is 6.09 Å². The lowest BCUT2D eigenvalue weighted by Gasteiger charge is -2.26. The Hall–Kier alpha value is -1.33. The van der Waals surface area contributed by atoms with Crippen molar-refractivity contribution in [2.75, 3.05) is 13.2 Å². The van der Waals surface area contributed by atoms with Crippen LogP contribution >= 0.6 is 11.6 Å². The molecule has 2 heterocycles. The SMILES string of the molecule is O=C1NN(Cc2cncc(Cl)c2)CCO1. The maximum absolute atomic E-state index is 10.9. The standard InChI is InChI=1S/C9H10ClN3O2/c10-8-3-7(4-11-5-8)6-13-1-2-15-9(14)12-13/h3-5H,1-2,6H2,(H,12,14). The molecule has 1 N–H and O–H groups in total. The summed E-state index contributed by atoms with van der Waals surface area (Å²) in [5.41, 5.74) is 3.53. The van der Waals surface area contributed by atoms with Gasteiger partial charge in [-0.25, -0.2) is 9.80 Å². The van der Waals surface area contributed by atoms with Crippen LogP contribution in [0.1, 0.15) is 5.56 Å². The van der Waals surface area contributed by atoms with Crippen molar-refractivity contribution >= 4 is 17.7 Å². The second-order valence-corrected chi connectivity index (χ2v) is 3.62. The van der Waals surface area contributed by atoms with Gasteiger partial charge in [-0.3, -0.25) is 10.4 Å². The molecule has 80 valence electrons. The average Bonchev–Trinajstić information content (AvgIpc) is 2.17. The van der Waals surface area contributed by atoms with Gasteiger partial charge in [-0.1, -0.05) is 11.6 Å². The first-order valence-corrected chi connectivity index (χ1v) is 4.89. The van der Waals surface area contributed by atoms with Crippen LogP contribution in [-0.4, -0.2) is 29.2 Å². The lowest BCUT2D eigenvalue weighted by molar-refractivity contribution is 0.0474. The summed E-state index contributed by atoms with van der Waals surface area (Å²) in [6.07, 6.45) is 2.87. The Balaban J connectivity index is 1.99. The van der Waals surface area contributed by atoms with Crippen LogP contribution in [0.4, 0.5) is 4.79 Å². The van der Waals surface area contributed by atoms with E-state index in [1.165, 1.54) is 0 Å². The first-order valence-electron chi connectivity index (χ1n) is 4.52. The number of hydrazine groups is 1. The van der Waals surface area contributed by atoms with Crippen molar-refractivity contribution in [3.8, 4) is 0 Å². The Labute approximate surface area is 92.0 Å². The summed E-state index contributed by atoms with van der Waals surface area (Å²) < 4.78 is 4.74. The summed E-state index contributed by atoms with van der Waals surface area (Å²) in [4.78, 5) is 14.9. The Morgan fingerprint density at radius 3 is 3.20 bits per heavy atom. The van der Waals surface area contributed by atoms with Crippen molar-refractivity contribution in [3.63, 3.8) is 0 Å². The molecule has 0 unspecified atom stereocenters. The van der Waals surface area contributed by atoms with Crippen molar-refractivity contribution in [2.24, 2.45) is 0 Å². The third-order valence-electron chi connectivity index (χ3n) is 1.98. The largest absolute Gasteiger partial charge is 0.447 e. The molecule has 0 saturated carbocycles. The summed E-state index contributed by atoms with van der Waals surface area (Å²) in [7, 11) is 0. The van der Waals surface area contributed by atoms with Crippen LogP contribution in [0.3, 0.4) is 0 Å². The molecule has 1 aromatic heterocycles. The van der Waals surface area contributed by atoms with Crippen LogP contribution < -0.4 is 5.43 Å². The molecule has 15 heavy (non-hydrogen) atoms. The number of carbonyl (C=O) groups is 1. The van der Waals surface area contributed by atoms with E-state index in [1.54, 1.807) is 17.4 Å². The van der Waals surface area contributed by atoms with E-state index in [1.807, 2.05) is 6.07 Å². The highest BCUT2D eigenvalue weighted by molar-refractivity contribution is 6.30. The van der Waals surface area contributed by atoms with Gasteiger partial charge in [0.15, 0.2) is 0 Å². The Bertz CT molecular complexity index is 372. The summed E-state index contributed by atoms with van der Waals surface area (Å²) in [5, 5.41) is 2.35. The number of hydrogen-bond donors (Lipinski definition) is 1. The second kappa shape index (κ2) is 4.46. The van der Waals surface area contributed by atoms with Crippen LogP contribution in [0.5, 0.6) is 0 Å². The molecule has 1 aliphatic rings. The van der Waals surface area contributed by atoms with E-state index >= 15 is 0 Å². The number of hydrogen-bond acceptors (Lipinski definition) is 4. The van der Waals surface area contributed by atoms with Crippen molar-refractivity contribution in [1.82, 2.24) is 15.4 Å². The zero-order valence-corrected chi connectivity index (χ0v) is 8.70. The Morgan fingerprint density at radius 2 is 2.47 bits per heavy atom. The molecule has 0 spiro atoms. The Morgan fingerprint density at radius 1 is 1.60 bits per heavy atom. The third-order valence-corrected chi connectivity index (χ3v) is 2.19. The van der Waals surface area contributed by atoms with Crippen LogP contribution in [0.15, 0.2) is 18.5 Å². The van der Waals surface area contributed by atoms with Crippen molar-refractivity contribution in [1.29, 1.82) is 0 Å². The van der Waals surface area contributed by atoms with Crippen LogP contribution in [-0.2, 0) is 11.3 Å². The van der Waals surface area contributed by atoms with Gasteiger partial charge in [-0.2, -0.15) is 0 Å². The molecule has 0 aromatic carbocycles. The van der Waals surface area contributed by atoms with E-state index in [2.05, 4.69) is 10.4 Å². The molecule has 6 heteroatoms. The lowest BCUT2D eigenvalue weighted by atomic mass is 10.3. The zero-order valence-electron chi connectivity index (χ0n) is 7.94. The molecule has 0 aliphatic carbocycles. The second-order valence-electron chi connectivity index (χ2n) is 3.18. The number of carbonyl (C=O) groups excluding carboxylic acids is 1. The smallest absolute Gasteiger partial charge is 0.421 e. The molecular formula is C9H10ClN3O2. The minimum absolute atomic E-state index is 0.403. The van der Waals surface area contributed by atoms with Crippen LogP contribution in [0, 0.1) is 0 Å². The first kappa shape index (κ1) is 10.2. The third kappa shape index (κ3) is 2.81. The normalized spacial score (nSPS) is 17.0. The number of aromatic nitrogens is 1. The molecule has 0 atom stereocenters. The molecule has 0 bridgehead atoms. The van der Waals surface area contributed by atoms with Crippen LogP contribution in [0.25, 0.3) is 0 Å². The minimum atomic E-state index is -0.420. The van der Waals surface area contributed by atoms with Crippen molar-refractivity contribution in [2.45, 2.75) is 6.54 Å². The topological polar surface area (TPSA) is 54.5 Å². The number of halogens is 1. The van der Waals surface area contributed by atoms with Gasteiger partial charge < -0.3 is 4.74 Å². The van der Waals surface area contributed by atoms with Gasteiger partial charge in [-0.15, -0.1) is 0 Å². The zero-order chi connectivity index (χ0) is 10.7. The number of rotatable bonds is 2. The van der Waals surface area contributed by atoms with Gasteiger partial charge in [0.05, 0.1) is 11.6 Å². The van der Waals surface area contributed by atoms with Gasteiger partial charge in [0, 0.05) is 18.9 Å².